The van der Waals surface area contributed by atoms with Gasteiger partial charge >= 0.3 is 0 Å². The van der Waals surface area contributed by atoms with Crippen molar-refractivity contribution < 1.29 is 14.3 Å². The van der Waals surface area contributed by atoms with E-state index < -0.39 is 0 Å². The van der Waals surface area contributed by atoms with Crippen LogP contribution in [0.1, 0.15) is 28.8 Å². The number of piperazine rings is 1. The molecule has 0 aliphatic carbocycles. The van der Waals surface area contributed by atoms with E-state index in [4.69, 9.17) is 4.74 Å². The molecular formula is C25H33N5O3. The summed E-state index contributed by atoms with van der Waals surface area (Å²) in [6, 6.07) is 12.1. The Morgan fingerprint density at radius 1 is 1.21 bits per heavy atom. The van der Waals surface area contributed by atoms with Gasteiger partial charge in [-0.2, -0.15) is 0 Å². The number of likely N-dealkylation sites (N-methyl/N-ethyl adjacent to an activating group) is 1. The van der Waals surface area contributed by atoms with Crippen molar-refractivity contribution in [2.75, 3.05) is 52.9 Å². The molecule has 2 amide bonds. The normalized spacial score (nSPS) is 19.0. The molecule has 33 heavy (non-hydrogen) atoms. The summed E-state index contributed by atoms with van der Waals surface area (Å²) in [5.74, 6) is 1.09. The van der Waals surface area contributed by atoms with Crippen molar-refractivity contribution in [1.82, 2.24) is 25.0 Å². The molecule has 2 saturated heterocycles. The van der Waals surface area contributed by atoms with Gasteiger partial charge in [0.2, 0.25) is 5.91 Å². The fourth-order valence-electron chi connectivity index (χ4n) is 4.44. The van der Waals surface area contributed by atoms with Gasteiger partial charge in [-0.05, 0) is 43.3 Å². The number of hydrogen-bond acceptors (Lipinski definition) is 6. The molecule has 2 aliphatic rings. The van der Waals surface area contributed by atoms with Crippen molar-refractivity contribution in [3.8, 4) is 5.75 Å². The van der Waals surface area contributed by atoms with Gasteiger partial charge in [0.05, 0.1) is 5.56 Å². The van der Waals surface area contributed by atoms with E-state index in [1.54, 1.807) is 18.5 Å². The van der Waals surface area contributed by atoms with Gasteiger partial charge in [0.25, 0.3) is 5.91 Å². The van der Waals surface area contributed by atoms with Gasteiger partial charge in [-0.3, -0.25) is 19.5 Å². The molecule has 176 valence electrons. The zero-order valence-electron chi connectivity index (χ0n) is 19.3. The van der Waals surface area contributed by atoms with Crippen molar-refractivity contribution in [3.05, 3.63) is 59.9 Å². The second-order valence-electron chi connectivity index (χ2n) is 8.87. The maximum atomic E-state index is 12.5. The van der Waals surface area contributed by atoms with Gasteiger partial charge in [-0.1, -0.05) is 12.1 Å². The highest BCUT2D eigenvalue weighted by Gasteiger charge is 2.23. The van der Waals surface area contributed by atoms with Gasteiger partial charge in [0.15, 0.2) is 0 Å². The number of benzene rings is 1. The largest absolute Gasteiger partial charge is 0.492 e. The first-order valence-electron chi connectivity index (χ1n) is 11.7. The molecule has 1 N–H and O–H groups in total. The number of carbonyl (C=O) groups is 2. The van der Waals surface area contributed by atoms with Crippen LogP contribution in [0.3, 0.4) is 0 Å². The summed E-state index contributed by atoms with van der Waals surface area (Å²) in [5, 5.41) is 3.02. The molecule has 0 radical (unpaired) electrons. The summed E-state index contributed by atoms with van der Waals surface area (Å²) < 4.78 is 6.02. The molecule has 1 aromatic heterocycles. The minimum Gasteiger partial charge on any atom is -0.492 e. The molecule has 2 fully saturated rings. The number of rotatable bonds is 9. The van der Waals surface area contributed by atoms with Crippen molar-refractivity contribution in [2.45, 2.75) is 25.4 Å². The predicted octanol–water partition coefficient (Wildman–Crippen LogP) is 1.63. The minimum atomic E-state index is 0.0519. The molecule has 3 heterocycles. The van der Waals surface area contributed by atoms with Gasteiger partial charge in [0, 0.05) is 70.7 Å². The Hall–Kier alpha value is -2.97. The van der Waals surface area contributed by atoms with Gasteiger partial charge in [-0.15, -0.1) is 0 Å². The van der Waals surface area contributed by atoms with Crippen LogP contribution >= 0.6 is 0 Å². The van der Waals surface area contributed by atoms with E-state index in [9.17, 15) is 9.59 Å². The highest BCUT2D eigenvalue weighted by Crippen LogP contribution is 2.16. The highest BCUT2D eigenvalue weighted by molar-refractivity contribution is 5.93. The lowest BCUT2D eigenvalue weighted by atomic mass is 10.1. The second-order valence-corrected chi connectivity index (χ2v) is 8.87. The summed E-state index contributed by atoms with van der Waals surface area (Å²) in [6.07, 6.45) is 4.86. The molecular weight excluding hydrogens is 418 g/mol. The molecule has 2 aromatic rings. The van der Waals surface area contributed by atoms with E-state index in [2.05, 4.69) is 39.3 Å². The van der Waals surface area contributed by atoms with Crippen LogP contribution in [0.2, 0.25) is 0 Å². The molecule has 8 nitrogen and oxygen atoms in total. The Balaban J connectivity index is 1.17. The van der Waals surface area contributed by atoms with E-state index in [1.165, 1.54) is 5.56 Å². The standard InChI is InChI=1S/C25H33N5O3/c1-28(19-22-7-8-24(31)27-22)18-20-4-2-6-23(16-20)33-15-14-29-10-12-30(13-11-29)25(32)21-5-3-9-26-17-21/h2-6,9,16-17,22H,7-8,10-15,18-19H2,1H3,(H,27,31)/t22-/m1/s1. The minimum absolute atomic E-state index is 0.0519. The van der Waals surface area contributed by atoms with Crippen LogP contribution < -0.4 is 10.1 Å². The van der Waals surface area contributed by atoms with Crippen LogP contribution in [-0.2, 0) is 11.3 Å². The summed E-state index contributed by atoms with van der Waals surface area (Å²) in [6.45, 7) is 6.25. The number of hydrogen-bond donors (Lipinski definition) is 1. The van der Waals surface area contributed by atoms with E-state index in [-0.39, 0.29) is 17.9 Å². The Kier molecular flexibility index (Phi) is 7.91. The molecule has 2 aliphatic heterocycles. The maximum absolute atomic E-state index is 12.5. The molecule has 0 spiro atoms. The van der Waals surface area contributed by atoms with Crippen LogP contribution in [0, 0.1) is 0 Å². The number of nitrogens with zero attached hydrogens (tertiary/aromatic N) is 4. The average Bonchev–Trinajstić information content (AvgIpc) is 3.24. The van der Waals surface area contributed by atoms with E-state index in [0.717, 1.165) is 58.0 Å². The Bertz CT molecular complexity index is 931. The number of aromatic nitrogens is 1. The lowest BCUT2D eigenvalue weighted by molar-refractivity contribution is -0.119. The average molecular weight is 452 g/mol. The van der Waals surface area contributed by atoms with Crippen LogP contribution in [0.15, 0.2) is 48.8 Å². The molecule has 8 heteroatoms. The predicted molar refractivity (Wildman–Crippen MR) is 126 cm³/mol. The van der Waals surface area contributed by atoms with Gasteiger partial charge in [0.1, 0.15) is 12.4 Å². The summed E-state index contributed by atoms with van der Waals surface area (Å²) >= 11 is 0. The molecule has 1 aromatic carbocycles. The zero-order valence-corrected chi connectivity index (χ0v) is 19.3. The number of ether oxygens (including phenoxy) is 1. The first kappa shape index (κ1) is 23.2. The fourth-order valence-corrected chi connectivity index (χ4v) is 4.44. The third kappa shape index (κ3) is 6.76. The SMILES string of the molecule is CN(Cc1cccc(OCCN2CCN(C(=O)c3cccnc3)CC2)c1)C[C@H]1CCC(=O)N1. The van der Waals surface area contributed by atoms with Crippen LogP contribution in [0.25, 0.3) is 0 Å². The van der Waals surface area contributed by atoms with E-state index in [0.29, 0.717) is 18.6 Å². The van der Waals surface area contributed by atoms with Crippen LogP contribution in [0.5, 0.6) is 5.75 Å². The number of amides is 2. The Morgan fingerprint density at radius 2 is 2.06 bits per heavy atom. The van der Waals surface area contributed by atoms with Crippen LogP contribution in [0.4, 0.5) is 0 Å². The molecule has 4 rings (SSSR count). The number of nitrogens with one attached hydrogen (secondary N) is 1. The van der Waals surface area contributed by atoms with E-state index >= 15 is 0 Å². The highest BCUT2D eigenvalue weighted by atomic mass is 16.5. The summed E-state index contributed by atoms with van der Waals surface area (Å²) in [4.78, 5) is 34.4. The monoisotopic (exact) mass is 451 g/mol. The second kappa shape index (κ2) is 11.2. The van der Waals surface area contributed by atoms with Gasteiger partial charge < -0.3 is 19.9 Å². The van der Waals surface area contributed by atoms with Crippen molar-refractivity contribution in [1.29, 1.82) is 0 Å². The van der Waals surface area contributed by atoms with Crippen LogP contribution in [-0.4, -0.2) is 90.5 Å². The number of pyridine rings is 1. The van der Waals surface area contributed by atoms with Gasteiger partial charge in [-0.25, -0.2) is 0 Å². The lowest BCUT2D eigenvalue weighted by Crippen LogP contribution is -2.49. The quantitative estimate of drug-likeness (QED) is 0.625. The smallest absolute Gasteiger partial charge is 0.255 e. The lowest BCUT2D eigenvalue weighted by Gasteiger charge is -2.34. The summed E-state index contributed by atoms with van der Waals surface area (Å²) in [5.41, 5.74) is 1.84. The first-order valence-corrected chi connectivity index (χ1v) is 11.7. The maximum Gasteiger partial charge on any atom is 0.255 e. The summed E-state index contributed by atoms with van der Waals surface area (Å²) in [7, 11) is 2.08. The van der Waals surface area contributed by atoms with Crippen molar-refractivity contribution in [2.24, 2.45) is 0 Å². The third-order valence-corrected chi connectivity index (χ3v) is 6.21. The Labute approximate surface area is 195 Å². The van der Waals surface area contributed by atoms with Crippen molar-refractivity contribution >= 4 is 11.8 Å². The third-order valence-electron chi connectivity index (χ3n) is 6.21. The van der Waals surface area contributed by atoms with E-state index in [1.807, 2.05) is 23.1 Å². The molecule has 1 atom stereocenters. The van der Waals surface area contributed by atoms with Crippen molar-refractivity contribution in [3.63, 3.8) is 0 Å². The topological polar surface area (TPSA) is 78.0 Å². The Morgan fingerprint density at radius 3 is 2.79 bits per heavy atom. The first-order chi connectivity index (χ1) is 16.1. The number of carbonyl (C=O) groups excluding carboxylic acids is 2. The molecule has 0 saturated carbocycles. The zero-order chi connectivity index (χ0) is 23.0. The molecule has 0 unspecified atom stereocenters. The fraction of sp³-hybridized carbons (Fsp3) is 0.480. The molecule has 0 bridgehead atoms.